The van der Waals surface area contributed by atoms with Crippen molar-refractivity contribution in [1.29, 1.82) is 0 Å². The normalized spacial score (nSPS) is 9.54. The van der Waals surface area contributed by atoms with E-state index < -0.39 is 22.3 Å². The number of hydrogen-bond donors (Lipinski definition) is 2. The highest BCUT2D eigenvalue weighted by Crippen LogP contribution is 2.25. The van der Waals surface area contributed by atoms with Crippen LogP contribution in [0.25, 0.3) is 0 Å². The lowest BCUT2D eigenvalue weighted by atomic mass is 10.2. The minimum atomic E-state index is -0.750. The molecular weight excluding hydrogens is 176 g/mol. The summed E-state index contributed by atoms with van der Waals surface area (Å²) in [5, 5.41) is 19.3. The Kier molecular flexibility index (Phi) is 2.14. The summed E-state index contributed by atoms with van der Waals surface area (Å²) in [5.74, 6) is -1.31. The van der Waals surface area contributed by atoms with Crippen molar-refractivity contribution in [3.63, 3.8) is 0 Å². The van der Waals surface area contributed by atoms with E-state index in [2.05, 4.69) is 0 Å². The topological polar surface area (TPSA) is 106 Å². The highest BCUT2D eigenvalue weighted by molar-refractivity contribution is 5.93. The first-order valence-corrected chi connectivity index (χ1v) is 3.29. The van der Waals surface area contributed by atoms with E-state index in [0.29, 0.717) is 0 Å². The van der Waals surface area contributed by atoms with Crippen LogP contribution in [0, 0.1) is 10.1 Å². The predicted molar refractivity (Wildman–Crippen MR) is 43.3 cm³/mol. The smallest absolute Gasteiger partial charge is 0.310 e. The van der Waals surface area contributed by atoms with Crippen LogP contribution in [-0.2, 0) is 0 Å². The van der Waals surface area contributed by atoms with Gasteiger partial charge in [-0.2, -0.15) is 0 Å². The van der Waals surface area contributed by atoms with Crippen LogP contribution in [0.4, 0.5) is 5.69 Å². The van der Waals surface area contributed by atoms with Crippen molar-refractivity contribution < 1.29 is 14.8 Å². The molecule has 0 aromatic heterocycles. The maximum absolute atomic E-state index is 10.6. The van der Waals surface area contributed by atoms with E-state index in [9.17, 15) is 14.9 Å². The number of aromatic hydroxyl groups is 1. The van der Waals surface area contributed by atoms with E-state index in [1.165, 1.54) is 6.07 Å². The zero-order valence-electron chi connectivity index (χ0n) is 6.43. The number of nitrogens with zero attached hydrogens (tertiary/aromatic N) is 1. The Morgan fingerprint density at radius 3 is 2.54 bits per heavy atom. The zero-order valence-corrected chi connectivity index (χ0v) is 6.43. The standard InChI is InChI=1S/C7H6N2O4/c8-7(11)4-1-2-5(9(12)13)6(10)3-4/h1-3,10H,(H2,8,11). The van der Waals surface area contributed by atoms with Gasteiger partial charge < -0.3 is 10.8 Å². The zero-order chi connectivity index (χ0) is 10.0. The van der Waals surface area contributed by atoms with Crippen molar-refractivity contribution in [2.45, 2.75) is 0 Å². The molecular formula is C7H6N2O4. The number of nitro benzene ring substituents is 1. The van der Waals surface area contributed by atoms with E-state index in [1.807, 2.05) is 0 Å². The third kappa shape index (κ3) is 1.73. The SMILES string of the molecule is NC(=O)c1ccc([N+](=O)[O-])c(O)c1. The van der Waals surface area contributed by atoms with Crippen LogP contribution in [0.15, 0.2) is 18.2 Å². The molecule has 1 rings (SSSR count). The van der Waals surface area contributed by atoms with E-state index >= 15 is 0 Å². The number of nitrogens with two attached hydrogens (primary N) is 1. The summed E-state index contributed by atoms with van der Waals surface area (Å²) in [6.07, 6.45) is 0. The second-order valence-electron chi connectivity index (χ2n) is 2.32. The molecule has 0 aliphatic carbocycles. The van der Waals surface area contributed by atoms with Gasteiger partial charge in [0.25, 0.3) is 0 Å². The lowest BCUT2D eigenvalue weighted by molar-refractivity contribution is -0.385. The first-order chi connectivity index (χ1) is 6.02. The molecule has 0 spiro atoms. The third-order valence-electron chi connectivity index (χ3n) is 1.46. The van der Waals surface area contributed by atoms with Crippen LogP contribution in [0.1, 0.15) is 10.4 Å². The molecule has 0 unspecified atom stereocenters. The molecule has 1 aromatic rings. The fraction of sp³-hybridized carbons (Fsp3) is 0. The number of phenols is 1. The molecule has 6 heteroatoms. The van der Waals surface area contributed by atoms with Gasteiger partial charge in [0.05, 0.1) is 4.92 Å². The van der Waals surface area contributed by atoms with Crippen molar-refractivity contribution in [2.75, 3.05) is 0 Å². The second-order valence-corrected chi connectivity index (χ2v) is 2.32. The maximum atomic E-state index is 10.6. The average molecular weight is 182 g/mol. The molecule has 0 saturated heterocycles. The number of carbonyl (C=O) groups is 1. The fourth-order valence-electron chi connectivity index (χ4n) is 0.831. The summed E-state index contributed by atoms with van der Waals surface area (Å²) in [6, 6.07) is 3.16. The van der Waals surface area contributed by atoms with Crippen LogP contribution in [0.2, 0.25) is 0 Å². The quantitative estimate of drug-likeness (QED) is 0.509. The summed E-state index contributed by atoms with van der Waals surface area (Å²) in [4.78, 5) is 20.1. The van der Waals surface area contributed by atoms with Crippen molar-refractivity contribution in [2.24, 2.45) is 5.73 Å². The molecule has 13 heavy (non-hydrogen) atoms. The molecule has 1 amide bonds. The Bertz CT molecular complexity index is 375. The molecule has 1 aromatic carbocycles. The molecule has 0 bridgehead atoms. The predicted octanol–water partition coefficient (Wildman–Crippen LogP) is 0.399. The minimum Gasteiger partial charge on any atom is -0.502 e. The van der Waals surface area contributed by atoms with Crippen molar-refractivity contribution in [3.8, 4) is 5.75 Å². The van der Waals surface area contributed by atoms with Gasteiger partial charge in [-0.3, -0.25) is 14.9 Å². The summed E-state index contributed by atoms with van der Waals surface area (Å²) in [6.45, 7) is 0. The first-order valence-electron chi connectivity index (χ1n) is 3.29. The van der Waals surface area contributed by atoms with Crippen molar-refractivity contribution >= 4 is 11.6 Å². The van der Waals surface area contributed by atoms with E-state index in [0.717, 1.165) is 12.1 Å². The Balaban J connectivity index is 3.20. The Hall–Kier alpha value is -2.11. The van der Waals surface area contributed by atoms with Gasteiger partial charge in [0, 0.05) is 11.6 Å². The van der Waals surface area contributed by atoms with Gasteiger partial charge in [-0.15, -0.1) is 0 Å². The second kappa shape index (κ2) is 3.10. The molecule has 0 atom stereocenters. The largest absolute Gasteiger partial charge is 0.502 e. The molecule has 0 fully saturated rings. The van der Waals surface area contributed by atoms with Gasteiger partial charge >= 0.3 is 5.69 Å². The molecule has 3 N–H and O–H groups in total. The van der Waals surface area contributed by atoms with Crippen molar-refractivity contribution in [1.82, 2.24) is 0 Å². The van der Waals surface area contributed by atoms with Gasteiger partial charge in [-0.1, -0.05) is 0 Å². The number of amides is 1. The molecule has 0 aliphatic heterocycles. The first kappa shape index (κ1) is 8.98. The van der Waals surface area contributed by atoms with Crippen LogP contribution < -0.4 is 5.73 Å². The lowest BCUT2D eigenvalue weighted by Gasteiger charge is -1.97. The summed E-state index contributed by atoms with van der Waals surface area (Å²) < 4.78 is 0. The molecule has 0 aliphatic rings. The van der Waals surface area contributed by atoms with Gasteiger partial charge in [-0.05, 0) is 12.1 Å². The van der Waals surface area contributed by atoms with Gasteiger partial charge in [-0.25, -0.2) is 0 Å². The Morgan fingerprint density at radius 2 is 2.15 bits per heavy atom. The molecule has 0 radical (unpaired) electrons. The molecule has 68 valence electrons. The molecule has 0 heterocycles. The maximum Gasteiger partial charge on any atom is 0.310 e. The lowest BCUT2D eigenvalue weighted by Crippen LogP contribution is -2.10. The van der Waals surface area contributed by atoms with Crippen LogP contribution in [0.5, 0.6) is 5.75 Å². The Labute approximate surface area is 72.7 Å². The van der Waals surface area contributed by atoms with Crippen LogP contribution in [0.3, 0.4) is 0 Å². The number of rotatable bonds is 2. The summed E-state index contributed by atoms with van der Waals surface area (Å²) >= 11 is 0. The van der Waals surface area contributed by atoms with E-state index in [1.54, 1.807) is 0 Å². The monoisotopic (exact) mass is 182 g/mol. The average Bonchev–Trinajstić information content (AvgIpc) is 2.03. The number of primary amides is 1. The number of hydrogen-bond acceptors (Lipinski definition) is 4. The highest BCUT2D eigenvalue weighted by Gasteiger charge is 2.14. The number of nitro groups is 1. The Morgan fingerprint density at radius 1 is 1.54 bits per heavy atom. The van der Waals surface area contributed by atoms with Crippen molar-refractivity contribution in [3.05, 3.63) is 33.9 Å². The van der Waals surface area contributed by atoms with Gasteiger partial charge in [0.2, 0.25) is 5.91 Å². The number of phenolic OH excluding ortho intramolecular Hbond substituents is 1. The molecule has 0 saturated carbocycles. The van der Waals surface area contributed by atoms with Crippen LogP contribution in [-0.4, -0.2) is 15.9 Å². The fourth-order valence-corrected chi connectivity index (χ4v) is 0.831. The summed E-state index contributed by atoms with van der Waals surface area (Å²) in [5.41, 5.74) is 4.47. The summed E-state index contributed by atoms with van der Waals surface area (Å²) in [7, 11) is 0. The number of carbonyl (C=O) groups excluding carboxylic acids is 1. The minimum absolute atomic E-state index is 0.0306. The van der Waals surface area contributed by atoms with E-state index in [4.69, 9.17) is 10.8 Å². The van der Waals surface area contributed by atoms with Gasteiger partial charge in [0.1, 0.15) is 0 Å². The van der Waals surface area contributed by atoms with Crippen LogP contribution >= 0.6 is 0 Å². The highest BCUT2D eigenvalue weighted by atomic mass is 16.6. The molecule has 6 nitrogen and oxygen atoms in total. The van der Waals surface area contributed by atoms with E-state index in [-0.39, 0.29) is 5.56 Å². The number of benzene rings is 1. The van der Waals surface area contributed by atoms with Gasteiger partial charge in [0.15, 0.2) is 5.75 Å². The third-order valence-corrected chi connectivity index (χ3v) is 1.46.